The number of carbonyl (C=O) groups is 1. The Labute approximate surface area is 186 Å². The first-order valence-corrected chi connectivity index (χ1v) is 10.3. The number of hydrogen-bond donors (Lipinski definition) is 2. The number of azide groups is 1. The summed E-state index contributed by atoms with van der Waals surface area (Å²) in [6.07, 6.45) is 1.67. The Morgan fingerprint density at radius 2 is 1.91 bits per heavy atom. The number of hydrogen-bond acceptors (Lipinski definition) is 6. The Morgan fingerprint density at radius 1 is 1.19 bits per heavy atom. The van der Waals surface area contributed by atoms with Crippen LogP contribution in [0.25, 0.3) is 21.3 Å². The molecule has 9 heteroatoms. The van der Waals surface area contributed by atoms with Crippen LogP contribution in [0.2, 0.25) is 0 Å². The molecule has 0 spiro atoms. The van der Waals surface area contributed by atoms with Gasteiger partial charge in [-0.1, -0.05) is 17.2 Å². The third kappa shape index (κ3) is 5.01. The molecule has 0 radical (unpaired) electrons. The van der Waals surface area contributed by atoms with Gasteiger partial charge in [0.05, 0.1) is 37.4 Å². The number of amides is 1. The van der Waals surface area contributed by atoms with Crippen LogP contribution in [0.4, 0.5) is 11.4 Å². The third-order valence-corrected chi connectivity index (χ3v) is 4.99. The summed E-state index contributed by atoms with van der Waals surface area (Å²) in [6, 6.07) is 9.41. The molecule has 9 nitrogen and oxygen atoms in total. The lowest BCUT2D eigenvalue weighted by atomic mass is 10.0. The van der Waals surface area contributed by atoms with E-state index in [4.69, 9.17) is 20.7 Å². The Hall–Kier alpha value is -3.97. The van der Waals surface area contributed by atoms with Crippen molar-refractivity contribution in [3.63, 3.8) is 0 Å². The Kier molecular flexibility index (Phi) is 7.36. The van der Waals surface area contributed by atoms with Gasteiger partial charge in [0, 0.05) is 33.8 Å². The molecule has 0 aliphatic heterocycles. The fourth-order valence-corrected chi connectivity index (χ4v) is 3.48. The van der Waals surface area contributed by atoms with Crippen molar-refractivity contribution in [2.75, 3.05) is 18.5 Å². The summed E-state index contributed by atoms with van der Waals surface area (Å²) in [6.45, 7) is 6.97. The van der Waals surface area contributed by atoms with E-state index in [0.29, 0.717) is 41.5 Å². The lowest BCUT2D eigenvalue weighted by molar-refractivity contribution is -0.117. The van der Waals surface area contributed by atoms with Gasteiger partial charge in [-0.3, -0.25) is 9.78 Å². The van der Waals surface area contributed by atoms with Gasteiger partial charge in [-0.25, -0.2) is 0 Å². The fraction of sp³-hybridized carbons (Fsp3) is 0.304. The first-order valence-electron chi connectivity index (χ1n) is 10.3. The summed E-state index contributed by atoms with van der Waals surface area (Å²) >= 11 is 0. The molecule has 1 aromatic heterocycles. The quantitative estimate of drug-likeness (QED) is 0.265. The van der Waals surface area contributed by atoms with Gasteiger partial charge in [0.15, 0.2) is 11.5 Å². The maximum atomic E-state index is 11.7. The predicted octanol–water partition coefficient (Wildman–Crippen LogP) is 4.92. The number of rotatable bonds is 10. The van der Waals surface area contributed by atoms with E-state index in [1.807, 2.05) is 51.1 Å². The second-order valence-corrected chi connectivity index (χ2v) is 7.09. The largest absolute Gasteiger partial charge is 0.490 e. The fourth-order valence-electron chi connectivity index (χ4n) is 3.48. The molecule has 3 rings (SSSR count). The number of aromatic nitrogens is 1. The second kappa shape index (κ2) is 10.4. The van der Waals surface area contributed by atoms with Crippen LogP contribution in [0.15, 0.2) is 41.6 Å². The van der Waals surface area contributed by atoms with E-state index in [-0.39, 0.29) is 13.0 Å². The van der Waals surface area contributed by atoms with Crippen molar-refractivity contribution in [1.82, 2.24) is 4.98 Å². The summed E-state index contributed by atoms with van der Waals surface area (Å²) in [5.41, 5.74) is 18.9. The molecule has 32 heavy (non-hydrogen) atoms. The van der Waals surface area contributed by atoms with E-state index in [1.54, 1.807) is 6.20 Å². The number of fused-ring (bicyclic) bond motifs is 1. The van der Waals surface area contributed by atoms with Gasteiger partial charge in [-0.2, -0.15) is 0 Å². The highest BCUT2D eigenvalue weighted by Crippen LogP contribution is 2.38. The van der Waals surface area contributed by atoms with Crippen LogP contribution in [0.1, 0.15) is 30.5 Å². The number of nitrogens with zero attached hydrogens (tertiary/aromatic N) is 4. The van der Waals surface area contributed by atoms with E-state index < -0.39 is 5.91 Å². The SMILES string of the molecule is CCOc1cc2ncc(CC(N)=O)c(Nc3cccc(CN=[N+]=[N-])c3C)c2cc1OCC. The monoisotopic (exact) mass is 434 g/mol. The highest BCUT2D eigenvalue weighted by molar-refractivity contribution is 5.98. The topological polar surface area (TPSA) is 135 Å². The number of anilines is 2. The van der Waals surface area contributed by atoms with E-state index in [9.17, 15) is 4.79 Å². The number of benzene rings is 2. The summed E-state index contributed by atoms with van der Waals surface area (Å²) in [5.74, 6) is 0.742. The van der Waals surface area contributed by atoms with Crippen LogP contribution in [0, 0.1) is 6.92 Å². The number of pyridine rings is 1. The van der Waals surface area contributed by atoms with Crippen molar-refractivity contribution in [2.24, 2.45) is 10.8 Å². The van der Waals surface area contributed by atoms with Crippen molar-refractivity contribution in [1.29, 1.82) is 0 Å². The van der Waals surface area contributed by atoms with Gasteiger partial charge < -0.3 is 20.5 Å². The Balaban J connectivity index is 2.19. The van der Waals surface area contributed by atoms with Gasteiger partial charge in [0.2, 0.25) is 5.91 Å². The zero-order valence-electron chi connectivity index (χ0n) is 18.4. The highest BCUT2D eigenvalue weighted by atomic mass is 16.5. The number of carbonyl (C=O) groups excluding carboxylic acids is 1. The molecule has 3 aromatic rings. The predicted molar refractivity (Wildman–Crippen MR) is 124 cm³/mol. The van der Waals surface area contributed by atoms with Gasteiger partial charge in [0.25, 0.3) is 0 Å². The number of ether oxygens (including phenoxy) is 2. The lowest BCUT2D eigenvalue weighted by Crippen LogP contribution is -2.15. The number of primary amides is 1. The number of nitrogens with one attached hydrogen (secondary N) is 1. The molecule has 0 aliphatic rings. The maximum Gasteiger partial charge on any atom is 0.221 e. The first kappa shape index (κ1) is 22.7. The molecule has 2 aromatic carbocycles. The highest BCUT2D eigenvalue weighted by Gasteiger charge is 2.17. The van der Waals surface area contributed by atoms with Crippen LogP contribution in [0.5, 0.6) is 11.5 Å². The Morgan fingerprint density at radius 3 is 2.56 bits per heavy atom. The summed E-state index contributed by atoms with van der Waals surface area (Å²) in [7, 11) is 0. The molecule has 166 valence electrons. The van der Waals surface area contributed by atoms with E-state index >= 15 is 0 Å². The first-order chi connectivity index (χ1) is 15.5. The maximum absolute atomic E-state index is 11.7. The zero-order valence-corrected chi connectivity index (χ0v) is 18.4. The van der Waals surface area contributed by atoms with Gasteiger partial charge in [-0.15, -0.1) is 0 Å². The van der Waals surface area contributed by atoms with Crippen LogP contribution >= 0.6 is 0 Å². The Bertz CT molecular complexity index is 1190. The van der Waals surface area contributed by atoms with Crippen molar-refractivity contribution in [3.8, 4) is 11.5 Å². The van der Waals surface area contributed by atoms with Crippen molar-refractivity contribution in [2.45, 2.75) is 33.7 Å². The zero-order chi connectivity index (χ0) is 23.1. The normalized spacial score (nSPS) is 10.5. The van der Waals surface area contributed by atoms with Crippen LogP contribution in [0.3, 0.4) is 0 Å². The van der Waals surface area contributed by atoms with Gasteiger partial charge in [-0.05, 0) is 49.6 Å². The molecule has 0 aliphatic carbocycles. The minimum Gasteiger partial charge on any atom is -0.490 e. The van der Waals surface area contributed by atoms with Crippen molar-refractivity contribution < 1.29 is 14.3 Å². The van der Waals surface area contributed by atoms with E-state index in [1.165, 1.54) is 0 Å². The van der Waals surface area contributed by atoms with Gasteiger partial charge >= 0.3 is 0 Å². The molecule has 0 bridgehead atoms. The minimum atomic E-state index is -0.459. The van der Waals surface area contributed by atoms with Crippen molar-refractivity contribution in [3.05, 3.63) is 63.7 Å². The smallest absolute Gasteiger partial charge is 0.221 e. The standard InChI is InChI=1S/C23H26N6O3/c1-4-31-20-10-17-19(11-21(20)32-5-2)26-12-16(9-22(24)30)23(17)28-18-8-6-7-15(14(18)3)13-27-29-25/h6-8,10-12H,4-5,9,13H2,1-3H3,(H2,24,30)(H,26,28). The molecule has 1 amide bonds. The summed E-state index contributed by atoms with van der Waals surface area (Å²) in [4.78, 5) is 19.1. The molecular weight excluding hydrogens is 408 g/mol. The van der Waals surface area contributed by atoms with Crippen LogP contribution < -0.4 is 20.5 Å². The molecule has 0 atom stereocenters. The minimum absolute atomic E-state index is 0.0277. The molecule has 0 saturated heterocycles. The van der Waals surface area contributed by atoms with Crippen molar-refractivity contribution >= 4 is 28.2 Å². The van der Waals surface area contributed by atoms with Crippen LogP contribution in [-0.2, 0) is 17.8 Å². The van der Waals surface area contributed by atoms with E-state index in [2.05, 4.69) is 20.3 Å². The number of nitrogens with two attached hydrogens (primary N) is 1. The average molecular weight is 435 g/mol. The molecule has 0 saturated carbocycles. The molecular formula is C23H26N6O3. The summed E-state index contributed by atoms with van der Waals surface area (Å²) < 4.78 is 11.5. The lowest BCUT2D eigenvalue weighted by Gasteiger charge is -2.19. The summed E-state index contributed by atoms with van der Waals surface area (Å²) in [5, 5.41) is 7.89. The molecule has 3 N–H and O–H groups in total. The van der Waals surface area contributed by atoms with E-state index in [0.717, 1.165) is 22.2 Å². The van der Waals surface area contributed by atoms with Crippen LogP contribution in [-0.4, -0.2) is 24.1 Å². The van der Waals surface area contributed by atoms with Gasteiger partial charge in [0.1, 0.15) is 0 Å². The average Bonchev–Trinajstić information content (AvgIpc) is 2.76. The second-order valence-electron chi connectivity index (χ2n) is 7.09. The molecule has 0 fully saturated rings. The molecule has 0 unspecified atom stereocenters. The molecule has 1 heterocycles. The third-order valence-electron chi connectivity index (χ3n) is 4.99.